The Hall–Kier alpha value is -1.66. The molecule has 4 nitrogen and oxygen atoms in total. The lowest BCUT2D eigenvalue weighted by atomic mass is 9.93. The summed E-state index contributed by atoms with van der Waals surface area (Å²) in [5.74, 6) is 0.0766. The second-order valence-electron chi connectivity index (χ2n) is 5.44. The second kappa shape index (κ2) is 6.22. The lowest BCUT2D eigenvalue weighted by molar-refractivity contribution is 0.262. The number of anilines is 2. The molecule has 0 radical (unpaired) electrons. The van der Waals surface area contributed by atoms with Crippen LogP contribution in [0.5, 0.6) is 0 Å². The van der Waals surface area contributed by atoms with Gasteiger partial charge in [-0.05, 0) is 43.4 Å². The Morgan fingerprint density at radius 3 is 3.05 bits per heavy atom. The zero-order valence-electron chi connectivity index (χ0n) is 12.0. The van der Waals surface area contributed by atoms with Gasteiger partial charge in [-0.15, -0.1) is 11.3 Å². The summed E-state index contributed by atoms with van der Waals surface area (Å²) in [6.07, 6.45) is 3.07. The molecular formula is C15H15ClFN3OS. The molecule has 1 atom stereocenters. The van der Waals surface area contributed by atoms with E-state index in [1.165, 1.54) is 28.3 Å². The molecule has 1 aliphatic rings. The van der Waals surface area contributed by atoms with Crippen LogP contribution in [0.15, 0.2) is 18.2 Å². The van der Waals surface area contributed by atoms with Crippen molar-refractivity contribution in [3.05, 3.63) is 39.6 Å². The minimum atomic E-state index is -0.574. The summed E-state index contributed by atoms with van der Waals surface area (Å²) in [5, 5.41) is 5.95. The van der Waals surface area contributed by atoms with Gasteiger partial charge in [0.05, 0.1) is 11.4 Å². The first-order valence-electron chi connectivity index (χ1n) is 7.03. The number of fused-ring (bicyclic) bond motifs is 1. The summed E-state index contributed by atoms with van der Waals surface area (Å²) < 4.78 is 13.6. The number of thiazole rings is 1. The highest BCUT2D eigenvalue weighted by atomic mass is 35.5. The molecular weight excluding hydrogens is 325 g/mol. The van der Waals surface area contributed by atoms with Crippen molar-refractivity contribution in [3.8, 4) is 0 Å². The van der Waals surface area contributed by atoms with Crippen LogP contribution in [0.2, 0.25) is 5.02 Å². The summed E-state index contributed by atoms with van der Waals surface area (Å²) in [6, 6.07) is 3.58. The number of nitrogens with zero attached hydrogens (tertiary/aromatic N) is 1. The molecule has 1 unspecified atom stereocenters. The molecule has 1 aromatic heterocycles. The van der Waals surface area contributed by atoms with E-state index < -0.39 is 11.8 Å². The summed E-state index contributed by atoms with van der Waals surface area (Å²) in [7, 11) is 0. The number of nitrogens with one attached hydrogen (secondary N) is 2. The number of halogens is 2. The van der Waals surface area contributed by atoms with Crippen molar-refractivity contribution >= 4 is 39.8 Å². The van der Waals surface area contributed by atoms with Crippen molar-refractivity contribution in [1.29, 1.82) is 0 Å². The Morgan fingerprint density at radius 1 is 1.45 bits per heavy atom. The van der Waals surface area contributed by atoms with Crippen molar-refractivity contribution in [1.82, 2.24) is 4.98 Å². The minimum Gasteiger partial charge on any atom is -0.305 e. The van der Waals surface area contributed by atoms with Crippen LogP contribution in [-0.4, -0.2) is 11.0 Å². The lowest BCUT2D eigenvalue weighted by Gasteiger charge is -2.15. The van der Waals surface area contributed by atoms with Crippen molar-refractivity contribution < 1.29 is 9.18 Å². The molecule has 22 heavy (non-hydrogen) atoms. The highest BCUT2D eigenvalue weighted by Crippen LogP contribution is 2.32. The number of amides is 2. The Kier molecular flexibility index (Phi) is 4.31. The second-order valence-corrected chi connectivity index (χ2v) is 6.96. The number of urea groups is 1. The van der Waals surface area contributed by atoms with E-state index in [2.05, 4.69) is 22.5 Å². The zero-order chi connectivity index (χ0) is 15.7. The molecule has 3 rings (SSSR count). The maximum atomic E-state index is 13.6. The first-order valence-corrected chi connectivity index (χ1v) is 8.22. The van der Waals surface area contributed by atoms with E-state index in [0.29, 0.717) is 11.0 Å². The molecule has 0 saturated carbocycles. The Balaban J connectivity index is 1.67. The highest BCUT2D eigenvalue weighted by molar-refractivity contribution is 7.15. The predicted octanol–water partition coefficient (Wildman–Crippen LogP) is 4.70. The summed E-state index contributed by atoms with van der Waals surface area (Å²) in [5.41, 5.74) is 1.15. The highest BCUT2D eigenvalue weighted by Gasteiger charge is 2.20. The molecule has 0 saturated heterocycles. The number of aromatic nitrogens is 1. The van der Waals surface area contributed by atoms with Crippen LogP contribution in [0.3, 0.4) is 0 Å². The molecule has 0 bridgehead atoms. The fraction of sp³-hybridized carbons (Fsp3) is 0.333. The van der Waals surface area contributed by atoms with Crippen molar-refractivity contribution in [2.75, 3.05) is 10.6 Å². The number of carbonyl (C=O) groups excluding carboxylic acids is 1. The van der Waals surface area contributed by atoms with Gasteiger partial charge < -0.3 is 5.32 Å². The van der Waals surface area contributed by atoms with Crippen LogP contribution in [0.1, 0.15) is 23.9 Å². The standard InChI is InChI=1S/C15H15ClFN3OS/c1-8-2-4-12-13(6-8)22-15(19-12)20-14(21)18-11-5-3-9(16)7-10(11)17/h3,5,7-8H,2,4,6H2,1H3,(H2,18,19,20,21). The molecule has 2 aromatic rings. The topological polar surface area (TPSA) is 54.0 Å². The van der Waals surface area contributed by atoms with Gasteiger partial charge in [0.15, 0.2) is 5.13 Å². The van der Waals surface area contributed by atoms with E-state index in [0.717, 1.165) is 31.0 Å². The first kappa shape index (κ1) is 15.2. The van der Waals surface area contributed by atoms with Gasteiger partial charge in [0.25, 0.3) is 0 Å². The fourth-order valence-corrected chi connectivity index (χ4v) is 3.76. The van der Waals surface area contributed by atoms with E-state index in [9.17, 15) is 9.18 Å². The first-order chi connectivity index (χ1) is 10.5. The van der Waals surface area contributed by atoms with Crippen molar-refractivity contribution in [3.63, 3.8) is 0 Å². The maximum absolute atomic E-state index is 13.6. The molecule has 116 valence electrons. The number of carbonyl (C=O) groups is 1. The van der Waals surface area contributed by atoms with Crippen LogP contribution >= 0.6 is 22.9 Å². The molecule has 2 amide bonds. The summed E-state index contributed by atoms with van der Waals surface area (Å²) >= 11 is 7.16. The molecule has 2 N–H and O–H groups in total. The van der Waals surface area contributed by atoms with Crippen LogP contribution in [-0.2, 0) is 12.8 Å². The maximum Gasteiger partial charge on any atom is 0.325 e. The van der Waals surface area contributed by atoms with Gasteiger partial charge >= 0.3 is 6.03 Å². The minimum absolute atomic E-state index is 0.0804. The molecule has 1 aliphatic carbocycles. The number of rotatable bonds is 2. The quantitative estimate of drug-likeness (QED) is 0.832. The molecule has 1 heterocycles. The van der Waals surface area contributed by atoms with Crippen LogP contribution in [0.25, 0.3) is 0 Å². The van der Waals surface area contributed by atoms with Crippen molar-refractivity contribution in [2.24, 2.45) is 5.92 Å². The lowest BCUT2D eigenvalue weighted by Crippen LogP contribution is -2.20. The third-order valence-corrected chi connectivity index (χ3v) is 4.86. The van der Waals surface area contributed by atoms with Gasteiger partial charge in [-0.1, -0.05) is 18.5 Å². The van der Waals surface area contributed by atoms with E-state index in [1.54, 1.807) is 0 Å². The SMILES string of the molecule is CC1CCc2nc(NC(=O)Nc3ccc(Cl)cc3F)sc2C1. The average molecular weight is 340 g/mol. The monoisotopic (exact) mass is 339 g/mol. The Morgan fingerprint density at radius 2 is 2.27 bits per heavy atom. The van der Waals surface area contributed by atoms with E-state index in [1.807, 2.05) is 0 Å². The molecule has 0 fully saturated rings. The summed E-state index contributed by atoms with van der Waals surface area (Å²) in [4.78, 5) is 17.6. The molecule has 7 heteroatoms. The van der Waals surface area contributed by atoms with Gasteiger partial charge in [-0.25, -0.2) is 14.2 Å². The number of benzene rings is 1. The number of hydrogen-bond acceptors (Lipinski definition) is 3. The van der Waals surface area contributed by atoms with Crippen molar-refractivity contribution in [2.45, 2.75) is 26.2 Å². The molecule has 0 aliphatic heterocycles. The summed E-state index contributed by atoms with van der Waals surface area (Å²) in [6.45, 7) is 2.21. The van der Waals surface area contributed by atoms with Gasteiger partial charge in [-0.3, -0.25) is 5.32 Å². The molecule has 1 aromatic carbocycles. The van der Waals surface area contributed by atoms with Crippen LogP contribution in [0, 0.1) is 11.7 Å². The van der Waals surface area contributed by atoms with Gasteiger partial charge in [0.2, 0.25) is 0 Å². The van der Waals surface area contributed by atoms with E-state index in [-0.39, 0.29) is 10.7 Å². The van der Waals surface area contributed by atoms with E-state index >= 15 is 0 Å². The van der Waals surface area contributed by atoms with E-state index in [4.69, 9.17) is 11.6 Å². The Bertz CT molecular complexity index is 719. The largest absolute Gasteiger partial charge is 0.325 e. The third-order valence-electron chi connectivity index (χ3n) is 3.59. The third kappa shape index (κ3) is 3.39. The normalized spacial score (nSPS) is 17.0. The van der Waals surface area contributed by atoms with Gasteiger partial charge in [-0.2, -0.15) is 0 Å². The molecule has 0 spiro atoms. The van der Waals surface area contributed by atoms with Crippen LogP contribution < -0.4 is 10.6 Å². The zero-order valence-corrected chi connectivity index (χ0v) is 13.5. The number of hydrogen-bond donors (Lipinski definition) is 2. The van der Waals surface area contributed by atoms with Gasteiger partial charge in [0, 0.05) is 9.90 Å². The van der Waals surface area contributed by atoms with Gasteiger partial charge in [0.1, 0.15) is 5.82 Å². The Labute approximate surface area is 136 Å². The number of aryl methyl sites for hydroxylation is 1. The predicted molar refractivity (Wildman–Crippen MR) is 87.4 cm³/mol. The van der Waals surface area contributed by atoms with Crippen LogP contribution in [0.4, 0.5) is 20.0 Å². The smallest absolute Gasteiger partial charge is 0.305 e. The fourth-order valence-electron chi connectivity index (χ4n) is 2.43. The average Bonchev–Trinajstić information content (AvgIpc) is 2.83.